The van der Waals surface area contributed by atoms with Crippen LogP contribution in [0.3, 0.4) is 0 Å². The molecule has 2 rings (SSSR count). The monoisotopic (exact) mass is 307 g/mol. The minimum atomic E-state index is 0.437. The highest BCUT2D eigenvalue weighted by Crippen LogP contribution is 2.23. The predicted molar refractivity (Wildman–Crippen MR) is 75.9 cm³/mol. The van der Waals surface area contributed by atoms with Crippen molar-refractivity contribution in [3.05, 3.63) is 52.5 Å². The molecule has 3 nitrogen and oxygen atoms in total. The Hall–Kier alpha value is -1.68. The number of anilines is 1. The van der Waals surface area contributed by atoms with Crippen LogP contribution in [0.5, 0.6) is 11.5 Å². The number of methoxy groups -OCH3 is 1. The molecule has 0 unspecified atom stereocenters. The number of nitrogen functional groups attached to an aromatic ring is 1. The van der Waals surface area contributed by atoms with Crippen LogP contribution in [0, 0.1) is 0 Å². The molecular weight excluding hydrogens is 294 g/mol. The van der Waals surface area contributed by atoms with Gasteiger partial charge < -0.3 is 15.2 Å². The van der Waals surface area contributed by atoms with Crippen molar-refractivity contribution in [2.45, 2.75) is 6.61 Å². The second-order valence-electron chi connectivity index (χ2n) is 3.81. The van der Waals surface area contributed by atoms with E-state index in [1.54, 1.807) is 13.2 Å². The Morgan fingerprint density at radius 2 is 1.94 bits per heavy atom. The van der Waals surface area contributed by atoms with Gasteiger partial charge in [-0.3, -0.25) is 0 Å². The van der Waals surface area contributed by atoms with Gasteiger partial charge in [0.2, 0.25) is 0 Å². The molecule has 0 spiro atoms. The zero-order valence-electron chi connectivity index (χ0n) is 10.0. The SMILES string of the molecule is COc1ccc(COc2cccc(Br)c2)c(N)c1. The molecule has 2 aromatic carbocycles. The second kappa shape index (κ2) is 5.78. The third-order valence-corrected chi connectivity index (χ3v) is 3.04. The number of hydrogen-bond acceptors (Lipinski definition) is 3. The van der Waals surface area contributed by atoms with Crippen molar-refractivity contribution in [3.8, 4) is 11.5 Å². The normalized spacial score (nSPS) is 10.1. The summed E-state index contributed by atoms with van der Waals surface area (Å²) >= 11 is 3.40. The van der Waals surface area contributed by atoms with Gasteiger partial charge in [-0.2, -0.15) is 0 Å². The van der Waals surface area contributed by atoms with Gasteiger partial charge in [-0.1, -0.05) is 22.0 Å². The molecule has 0 atom stereocenters. The van der Waals surface area contributed by atoms with Gasteiger partial charge in [0.05, 0.1) is 7.11 Å². The van der Waals surface area contributed by atoms with Gasteiger partial charge in [0.1, 0.15) is 18.1 Å². The fourth-order valence-electron chi connectivity index (χ4n) is 1.55. The van der Waals surface area contributed by atoms with Crippen LogP contribution in [0.1, 0.15) is 5.56 Å². The fraction of sp³-hybridized carbons (Fsp3) is 0.143. The predicted octanol–water partition coefficient (Wildman–Crippen LogP) is 3.62. The molecule has 2 aromatic rings. The molecule has 18 heavy (non-hydrogen) atoms. The van der Waals surface area contributed by atoms with E-state index in [1.165, 1.54) is 0 Å². The molecule has 0 aliphatic heterocycles. The van der Waals surface area contributed by atoms with E-state index in [9.17, 15) is 0 Å². The standard InChI is InChI=1S/C14H14BrNO2/c1-17-12-6-5-10(14(16)8-12)9-18-13-4-2-3-11(15)7-13/h2-8H,9,16H2,1H3. The number of rotatable bonds is 4. The maximum absolute atomic E-state index is 5.92. The van der Waals surface area contributed by atoms with Crippen molar-refractivity contribution < 1.29 is 9.47 Å². The first-order valence-electron chi connectivity index (χ1n) is 5.50. The molecule has 0 saturated heterocycles. The van der Waals surface area contributed by atoms with Gasteiger partial charge in [-0.25, -0.2) is 0 Å². The van der Waals surface area contributed by atoms with E-state index in [0.717, 1.165) is 21.5 Å². The molecule has 0 aliphatic carbocycles. The second-order valence-corrected chi connectivity index (χ2v) is 4.73. The number of benzene rings is 2. The van der Waals surface area contributed by atoms with Crippen LogP contribution < -0.4 is 15.2 Å². The molecule has 94 valence electrons. The van der Waals surface area contributed by atoms with E-state index < -0.39 is 0 Å². The van der Waals surface area contributed by atoms with E-state index in [4.69, 9.17) is 15.2 Å². The number of hydrogen-bond donors (Lipinski definition) is 1. The molecule has 4 heteroatoms. The molecule has 0 bridgehead atoms. The Bertz CT molecular complexity index is 543. The third-order valence-electron chi connectivity index (χ3n) is 2.54. The van der Waals surface area contributed by atoms with Crippen LogP contribution in [0.25, 0.3) is 0 Å². The lowest BCUT2D eigenvalue weighted by Gasteiger charge is -2.10. The highest BCUT2D eigenvalue weighted by Gasteiger charge is 2.02. The van der Waals surface area contributed by atoms with Crippen LogP contribution in [-0.2, 0) is 6.61 Å². The largest absolute Gasteiger partial charge is 0.497 e. The number of nitrogens with two attached hydrogens (primary N) is 1. The Morgan fingerprint density at radius 1 is 1.11 bits per heavy atom. The summed E-state index contributed by atoms with van der Waals surface area (Å²) in [5.74, 6) is 1.55. The fourth-order valence-corrected chi connectivity index (χ4v) is 1.93. The maximum Gasteiger partial charge on any atom is 0.120 e. The molecule has 2 N–H and O–H groups in total. The Labute approximate surface area is 115 Å². The van der Waals surface area contributed by atoms with Crippen LogP contribution in [-0.4, -0.2) is 7.11 Å². The van der Waals surface area contributed by atoms with Gasteiger partial charge in [0, 0.05) is 21.8 Å². The maximum atomic E-state index is 5.92. The third kappa shape index (κ3) is 3.17. The summed E-state index contributed by atoms with van der Waals surface area (Å²) < 4.78 is 11.8. The summed E-state index contributed by atoms with van der Waals surface area (Å²) in [6, 6.07) is 13.3. The highest BCUT2D eigenvalue weighted by molar-refractivity contribution is 9.10. The Morgan fingerprint density at radius 3 is 2.61 bits per heavy atom. The lowest BCUT2D eigenvalue weighted by atomic mass is 10.2. The molecule has 0 saturated carbocycles. The summed E-state index contributed by atoms with van der Waals surface area (Å²) in [5, 5.41) is 0. The average molecular weight is 308 g/mol. The van der Waals surface area contributed by atoms with E-state index in [0.29, 0.717) is 12.3 Å². The summed E-state index contributed by atoms with van der Waals surface area (Å²) in [6.07, 6.45) is 0. The minimum absolute atomic E-state index is 0.437. The zero-order chi connectivity index (χ0) is 13.0. The molecule has 0 aromatic heterocycles. The summed E-state index contributed by atoms with van der Waals surface area (Å²) in [4.78, 5) is 0. The van der Waals surface area contributed by atoms with Crippen LogP contribution >= 0.6 is 15.9 Å². The van der Waals surface area contributed by atoms with Crippen molar-refractivity contribution in [1.82, 2.24) is 0 Å². The Kier molecular flexibility index (Phi) is 4.10. The van der Waals surface area contributed by atoms with Crippen molar-refractivity contribution >= 4 is 21.6 Å². The molecule has 0 radical (unpaired) electrons. The van der Waals surface area contributed by atoms with E-state index in [2.05, 4.69) is 15.9 Å². The summed E-state index contributed by atoms with van der Waals surface area (Å²) in [5.41, 5.74) is 7.53. The summed E-state index contributed by atoms with van der Waals surface area (Å²) in [6.45, 7) is 0.437. The van der Waals surface area contributed by atoms with E-state index in [1.807, 2.05) is 36.4 Å². The van der Waals surface area contributed by atoms with E-state index in [-0.39, 0.29) is 0 Å². The van der Waals surface area contributed by atoms with E-state index >= 15 is 0 Å². The molecule has 0 aliphatic rings. The first kappa shape index (κ1) is 12.8. The zero-order valence-corrected chi connectivity index (χ0v) is 11.6. The number of ether oxygens (including phenoxy) is 2. The lowest BCUT2D eigenvalue weighted by molar-refractivity contribution is 0.306. The number of halogens is 1. The quantitative estimate of drug-likeness (QED) is 0.877. The van der Waals surface area contributed by atoms with Gasteiger partial charge >= 0.3 is 0 Å². The van der Waals surface area contributed by atoms with Crippen LogP contribution in [0.15, 0.2) is 46.9 Å². The van der Waals surface area contributed by atoms with Gasteiger partial charge in [0.25, 0.3) is 0 Å². The topological polar surface area (TPSA) is 44.5 Å². The van der Waals surface area contributed by atoms with Gasteiger partial charge in [0.15, 0.2) is 0 Å². The first-order chi connectivity index (χ1) is 8.69. The van der Waals surface area contributed by atoms with Gasteiger partial charge in [-0.15, -0.1) is 0 Å². The highest BCUT2D eigenvalue weighted by atomic mass is 79.9. The van der Waals surface area contributed by atoms with Crippen molar-refractivity contribution in [3.63, 3.8) is 0 Å². The minimum Gasteiger partial charge on any atom is -0.497 e. The first-order valence-corrected chi connectivity index (χ1v) is 6.29. The van der Waals surface area contributed by atoms with Crippen LogP contribution in [0.4, 0.5) is 5.69 Å². The molecule has 0 fully saturated rings. The Balaban J connectivity index is 2.06. The smallest absolute Gasteiger partial charge is 0.120 e. The molecule has 0 heterocycles. The molecular formula is C14H14BrNO2. The average Bonchev–Trinajstić information content (AvgIpc) is 2.37. The summed E-state index contributed by atoms with van der Waals surface area (Å²) in [7, 11) is 1.62. The lowest BCUT2D eigenvalue weighted by Crippen LogP contribution is -2.00. The van der Waals surface area contributed by atoms with Crippen molar-refractivity contribution in [2.24, 2.45) is 0 Å². The molecule has 0 amide bonds. The van der Waals surface area contributed by atoms with Crippen molar-refractivity contribution in [1.29, 1.82) is 0 Å². The van der Waals surface area contributed by atoms with Crippen LogP contribution in [0.2, 0.25) is 0 Å². The van der Waals surface area contributed by atoms with Gasteiger partial charge in [-0.05, 0) is 30.3 Å². The van der Waals surface area contributed by atoms with Crippen molar-refractivity contribution in [2.75, 3.05) is 12.8 Å².